The maximum Gasteiger partial charge on any atom is 0.407 e. The van der Waals surface area contributed by atoms with Gasteiger partial charge in [-0.2, -0.15) is 0 Å². The lowest BCUT2D eigenvalue weighted by atomic mass is 9.98. The van der Waals surface area contributed by atoms with Crippen LogP contribution >= 0.6 is 0 Å². The van der Waals surface area contributed by atoms with Gasteiger partial charge in [-0.25, -0.2) is 14.4 Å². The average Bonchev–Trinajstić information content (AvgIpc) is 3.54. The zero-order valence-corrected chi connectivity index (χ0v) is 39.6. The van der Waals surface area contributed by atoms with Gasteiger partial charge in [0.1, 0.15) is 53.0 Å². The quantitative estimate of drug-likeness (QED) is 0.0571. The van der Waals surface area contributed by atoms with Crippen molar-refractivity contribution < 1.29 is 48.0 Å². The summed E-state index contributed by atoms with van der Waals surface area (Å²) in [5.74, 6) is -1.67. The molecule has 1 aliphatic carbocycles. The molecular formula is C52H66N4O10. The van der Waals surface area contributed by atoms with E-state index in [1.54, 1.807) is 69.3 Å². The first kappa shape index (κ1) is 50.4. The molecule has 4 amide bonds. The highest BCUT2D eigenvalue weighted by atomic mass is 16.6. The van der Waals surface area contributed by atoms with Crippen molar-refractivity contribution in [1.82, 2.24) is 21.3 Å². The molecule has 0 aromatic heterocycles. The second kappa shape index (κ2) is 22.1. The predicted molar refractivity (Wildman–Crippen MR) is 253 cm³/mol. The van der Waals surface area contributed by atoms with E-state index in [2.05, 4.69) is 21.3 Å². The summed E-state index contributed by atoms with van der Waals surface area (Å²) in [6.45, 7) is 17.1. The molecule has 5 rings (SSSR count). The zero-order valence-electron chi connectivity index (χ0n) is 39.6. The number of benzene rings is 4. The molecule has 14 heteroatoms. The number of aliphatic carboxylic acids is 1. The Morgan fingerprint density at radius 3 is 1.47 bits per heavy atom. The van der Waals surface area contributed by atoms with E-state index in [9.17, 15) is 29.1 Å². The lowest BCUT2D eigenvalue weighted by Crippen LogP contribution is -2.57. The molecule has 354 valence electrons. The summed E-state index contributed by atoms with van der Waals surface area (Å²) in [6, 6.07) is 26.4. The highest BCUT2D eigenvalue weighted by Gasteiger charge is 2.33. The first-order valence-corrected chi connectivity index (χ1v) is 22.5. The number of carbonyl (C=O) groups excluding carboxylic acids is 4. The van der Waals surface area contributed by atoms with Crippen LogP contribution in [-0.4, -0.2) is 83.2 Å². The molecule has 0 heterocycles. The molecule has 0 bridgehead atoms. The van der Waals surface area contributed by atoms with Gasteiger partial charge < -0.3 is 45.3 Å². The second-order valence-corrected chi connectivity index (χ2v) is 19.5. The molecule has 0 radical (unpaired) electrons. The second-order valence-electron chi connectivity index (χ2n) is 19.5. The SMILES string of the molecule is CC(C)(C)OC(=O)NCCCC[C@@H](NC(=O)[C@@H](Cc1ccc(OC(C)(C)C)cc1)NC(=O)[C@@H](Cc1ccc(OC(C)(C)C)cc1)NC(=O)OCC1c2ccccc2-c2ccccc21)C(=O)O. The number of fused-ring (bicyclic) bond motifs is 3. The Labute approximate surface area is 388 Å². The summed E-state index contributed by atoms with van der Waals surface area (Å²) >= 11 is 0. The number of carboxylic acids is 1. The van der Waals surface area contributed by atoms with Gasteiger partial charge in [0.2, 0.25) is 11.8 Å². The number of nitrogens with one attached hydrogen (secondary N) is 4. The van der Waals surface area contributed by atoms with Gasteiger partial charge in [0.25, 0.3) is 0 Å². The number of unbranched alkanes of at least 4 members (excludes halogenated alkanes) is 1. The van der Waals surface area contributed by atoms with Gasteiger partial charge in [-0.15, -0.1) is 0 Å². The first-order valence-electron chi connectivity index (χ1n) is 22.5. The minimum absolute atomic E-state index is 0.0145. The highest BCUT2D eigenvalue weighted by molar-refractivity contribution is 5.93. The zero-order chi connectivity index (χ0) is 48.2. The Hall–Kier alpha value is -6.57. The Bertz CT molecular complexity index is 2250. The molecule has 0 saturated heterocycles. The van der Waals surface area contributed by atoms with Crippen molar-refractivity contribution in [3.8, 4) is 22.6 Å². The smallest absolute Gasteiger partial charge is 0.407 e. The lowest BCUT2D eigenvalue weighted by Gasteiger charge is -2.25. The number of carbonyl (C=O) groups is 5. The number of ether oxygens (including phenoxy) is 4. The molecule has 5 N–H and O–H groups in total. The summed E-state index contributed by atoms with van der Waals surface area (Å²) in [7, 11) is 0. The van der Waals surface area contributed by atoms with Crippen LogP contribution in [0, 0.1) is 0 Å². The van der Waals surface area contributed by atoms with Gasteiger partial charge in [-0.1, -0.05) is 72.8 Å². The molecule has 0 unspecified atom stereocenters. The number of alkyl carbamates (subject to hydrolysis) is 2. The minimum atomic E-state index is -1.30. The molecule has 1 aliphatic rings. The van der Waals surface area contributed by atoms with E-state index in [1.165, 1.54) is 0 Å². The van der Waals surface area contributed by atoms with Crippen molar-refractivity contribution >= 4 is 30.0 Å². The van der Waals surface area contributed by atoms with Crippen LogP contribution in [-0.2, 0) is 36.7 Å². The predicted octanol–water partition coefficient (Wildman–Crippen LogP) is 8.48. The monoisotopic (exact) mass is 906 g/mol. The van der Waals surface area contributed by atoms with Gasteiger partial charge in [0, 0.05) is 25.3 Å². The number of carboxylic acid groups (broad SMARTS) is 1. The minimum Gasteiger partial charge on any atom is -0.488 e. The molecule has 0 spiro atoms. The largest absolute Gasteiger partial charge is 0.488 e. The number of amides is 4. The standard InChI is InChI=1S/C52H66N4O10/c1-50(2,3)64-35-25-21-33(22-26-35)30-43(45(57)54-42(47(59)60)20-14-15-29-53-48(61)66-52(7,8)9)55-46(58)44(31-34-23-27-36(28-24-34)65-51(4,5)6)56-49(62)63-32-41-39-18-12-10-16-37(39)38-17-11-13-19-40(38)41/h10-13,16-19,21-28,41-44H,14-15,20,29-32H2,1-9H3,(H,53,61)(H,54,57)(H,55,58)(H,56,62)(H,59,60)/t42-,43-,44-/m1/s1. The Kier molecular flexibility index (Phi) is 16.9. The molecule has 4 aromatic carbocycles. The first-order chi connectivity index (χ1) is 31.0. The number of hydrogen-bond acceptors (Lipinski definition) is 9. The topological polar surface area (TPSA) is 191 Å². The molecule has 66 heavy (non-hydrogen) atoms. The maximum atomic E-state index is 14.5. The van der Waals surface area contributed by atoms with Crippen LogP contribution in [0.25, 0.3) is 11.1 Å². The fourth-order valence-corrected chi connectivity index (χ4v) is 7.55. The number of rotatable bonds is 19. The lowest BCUT2D eigenvalue weighted by molar-refractivity contribution is -0.142. The number of hydrogen-bond donors (Lipinski definition) is 5. The molecular weight excluding hydrogens is 841 g/mol. The van der Waals surface area contributed by atoms with Crippen LogP contribution in [0.1, 0.15) is 110 Å². The Morgan fingerprint density at radius 1 is 0.561 bits per heavy atom. The fraction of sp³-hybridized carbons (Fsp3) is 0.442. The van der Waals surface area contributed by atoms with Crippen LogP contribution in [0.15, 0.2) is 97.1 Å². The van der Waals surface area contributed by atoms with Crippen LogP contribution in [0.5, 0.6) is 11.5 Å². The summed E-state index contributed by atoms with van der Waals surface area (Å²) < 4.78 is 23.1. The molecule has 14 nitrogen and oxygen atoms in total. The normalized spacial score (nSPS) is 13.8. The van der Waals surface area contributed by atoms with Gasteiger partial charge in [-0.05, 0) is 139 Å². The van der Waals surface area contributed by atoms with Crippen molar-refractivity contribution in [3.05, 3.63) is 119 Å². The Morgan fingerprint density at radius 2 is 1.02 bits per heavy atom. The highest BCUT2D eigenvalue weighted by Crippen LogP contribution is 2.44. The van der Waals surface area contributed by atoms with Gasteiger partial charge in [0.05, 0.1) is 0 Å². The van der Waals surface area contributed by atoms with E-state index in [-0.39, 0.29) is 38.3 Å². The van der Waals surface area contributed by atoms with E-state index >= 15 is 0 Å². The Balaban J connectivity index is 1.35. The van der Waals surface area contributed by atoms with Crippen LogP contribution in [0.4, 0.5) is 9.59 Å². The molecule has 4 aromatic rings. The fourth-order valence-electron chi connectivity index (χ4n) is 7.55. The van der Waals surface area contributed by atoms with E-state index < -0.39 is 64.9 Å². The van der Waals surface area contributed by atoms with Crippen LogP contribution in [0.2, 0.25) is 0 Å². The third-order valence-electron chi connectivity index (χ3n) is 10.4. The molecule has 0 saturated carbocycles. The average molecular weight is 907 g/mol. The van der Waals surface area contributed by atoms with E-state index in [4.69, 9.17) is 18.9 Å². The van der Waals surface area contributed by atoms with Crippen molar-refractivity contribution in [2.24, 2.45) is 0 Å². The third kappa shape index (κ3) is 15.8. The van der Waals surface area contributed by atoms with Crippen molar-refractivity contribution in [3.63, 3.8) is 0 Å². The summed E-state index contributed by atoms with van der Waals surface area (Å²) in [5.41, 5.74) is 3.99. The molecule has 3 atom stereocenters. The van der Waals surface area contributed by atoms with Crippen molar-refractivity contribution in [2.45, 2.75) is 135 Å². The molecule has 0 aliphatic heterocycles. The maximum absolute atomic E-state index is 14.5. The van der Waals surface area contributed by atoms with E-state index in [0.29, 0.717) is 35.5 Å². The van der Waals surface area contributed by atoms with E-state index in [1.807, 2.05) is 90.1 Å². The third-order valence-corrected chi connectivity index (χ3v) is 10.4. The summed E-state index contributed by atoms with van der Waals surface area (Å²) in [6.07, 6.45) is -0.575. The van der Waals surface area contributed by atoms with E-state index in [0.717, 1.165) is 22.3 Å². The summed E-state index contributed by atoms with van der Waals surface area (Å²) in [4.78, 5) is 66.9. The van der Waals surface area contributed by atoms with Gasteiger partial charge in [0.15, 0.2) is 0 Å². The summed E-state index contributed by atoms with van der Waals surface area (Å²) in [5, 5.41) is 21.0. The van der Waals surface area contributed by atoms with Crippen LogP contribution in [0.3, 0.4) is 0 Å². The van der Waals surface area contributed by atoms with Crippen molar-refractivity contribution in [1.29, 1.82) is 0 Å². The molecule has 0 fully saturated rings. The van der Waals surface area contributed by atoms with Crippen molar-refractivity contribution in [2.75, 3.05) is 13.2 Å². The van der Waals surface area contributed by atoms with Crippen LogP contribution < -0.4 is 30.7 Å². The van der Waals surface area contributed by atoms with Gasteiger partial charge >= 0.3 is 18.2 Å². The van der Waals surface area contributed by atoms with Gasteiger partial charge in [-0.3, -0.25) is 9.59 Å².